The van der Waals surface area contributed by atoms with Crippen LogP contribution in [-0.2, 0) is 21.2 Å². The number of benzene rings is 1. The molecule has 1 aromatic carbocycles. The smallest absolute Gasteiger partial charge is 0.264 e. The molecule has 0 unspecified atom stereocenters. The van der Waals surface area contributed by atoms with Crippen molar-refractivity contribution in [1.29, 1.82) is 0 Å². The summed E-state index contributed by atoms with van der Waals surface area (Å²) in [6.45, 7) is 3.50. The molecule has 0 spiro atoms. The highest BCUT2D eigenvalue weighted by atomic mass is 32.2. The van der Waals surface area contributed by atoms with Crippen molar-refractivity contribution in [1.82, 2.24) is 9.71 Å². The molecule has 0 saturated carbocycles. The number of rotatable bonds is 4. The Kier molecular flexibility index (Phi) is 4.37. The Morgan fingerprint density at radius 2 is 2.00 bits per heavy atom. The van der Waals surface area contributed by atoms with Gasteiger partial charge in [-0.25, -0.2) is 13.1 Å². The van der Waals surface area contributed by atoms with Gasteiger partial charge in [0.05, 0.1) is 11.3 Å². The summed E-state index contributed by atoms with van der Waals surface area (Å²) in [6, 6.07) is 8.51. The maximum atomic E-state index is 12.3. The van der Waals surface area contributed by atoms with E-state index >= 15 is 0 Å². The van der Waals surface area contributed by atoms with E-state index < -0.39 is 15.9 Å². The molecular formula is C15H16N2O3S. The normalized spacial score (nSPS) is 11.1. The van der Waals surface area contributed by atoms with Gasteiger partial charge >= 0.3 is 0 Å². The SMILES string of the molecule is Cc1ccc(C)c(S(=O)(=O)NC(=O)Cc2cccnc2)c1. The van der Waals surface area contributed by atoms with Gasteiger partial charge in [0.15, 0.2) is 0 Å². The molecule has 1 amide bonds. The van der Waals surface area contributed by atoms with Crippen molar-refractivity contribution >= 4 is 15.9 Å². The molecule has 21 heavy (non-hydrogen) atoms. The first-order chi connectivity index (χ1) is 9.88. The van der Waals surface area contributed by atoms with Crippen molar-refractivity contribution in [3.8, 4) is 0 Å². The number of nitrogens with one attached hydrogen (secondary N) is 1. The largest absolute Gasteiger partial charge is 0.274 e. The average molecular weight is 304 g/mol. The number of aromatic nitrogens is 1. The quantitative estimate of drug-likeness (QED) is 0.933. The van der Waals surface area contributed by atoms with Gasteiger partial charge in [-0.15, -0.1) is 0 Å². The number of aryl methyl sites for hydroxylation is 2. The Morgan fingerprint density at radius 3 is 2.67 bits per heavy atom. The highest BCUT2D eigenvalue weighted by molar-refractivity contribution is 7.90. The van der Waals surface area contributed by atoms with Gasteiger partial charge in [0.2, 0.25) is 5.91 Å². The lowest BCUT2D eigenvalue weighted by molar-refractivity contribution is -0.118. The van der Waals surface area contributed by atoms with Crippen molar-refractivity contribution < 1.29 is 13.2 Å². The molecule has 1 aromatic heterocycles. The Balaban J connectivity index is 2.18. The van der Waals surface area contributed by atoms with Crippen LogP contribution in [-0.4, -0.2) is 19.3 Å². The number of hydrogen-bond acceptors (Lipinski definition) is 4. The molecule has 1 heterocycles. The van der Waals surface area contributed by atoms with E-state index in [2.05, 4.69) is 9.71 Å². The second kappa shape index (κ2) is 6.05. The standard InChI is InChI=1S/C15H16N2O3S/c1-11-5-6-12(2)14(8-11)21(19,20)17-15(18)9-13-4-3-7-16-10-13/h3-8,10H,9H2,1-2H3,(H,17,18). The zero-order valence-corrected chi connectivity index (χ0v) is 12.6. The second-order valence-electron chi connectivity index (χ2n) is 4.84. The summed E-state index contributed by atoms with van der Waals surface area (Å²) in [7, 11) is -3.85. The van der Waals surface area contributed by atoms with Gasteiger partial charge < -0.3 is 0 Å². The fourth-order valence-corrected chi connectivity index (χ4v) is 3.24. The number of carbonyl (C=O) groups is 1. The summed E-state index contributed by atoms with van der Waals surface area (Å²) in [5.41, 5.74) is 2.08. The van der Waals surface area contributed by atoms with Crippen molar-refractivity contribution in [3.05, 3.63) is 59.4 Å². The van der Waals surface area contributed by atoms with Crippen molar-refractivity contribution in [2.75, 3.05) is 0 Å². The zero-order chi connectivity index (χ0) is 15.5. The highest BCUT2D eigenvalue weighted by Crippen LogP contribution is 2.16. The molecule has 5 nitrogen and oxygen atoms in total. The molecule has 2 rings (SSSR count). The number of sulfonamides is 1. The molecule has 0 bridgehead atoms. The van der Waals surface area contributed by atoms with Crippen LogP contribution in [0.3, 0.4) is 0 Å². The molecule has 0 aliphatic rings. The molecule has 0 aliphatic heterocycles. The van der Waals surface area contributed by atoms with Gasteiger partial charge in [-0.05, 0) is 42.7 Å². The summed E-state index contributed by atoms with van der Waals surface area (Å²) in [5, 5.41) is 0. The Hall–Kier alpha value is -2.21. The van der Waals surface area contributed by atoms with E-state index in [0.29, 0.717) is 11.1 Å². The van der Waals surface area contributed by atoms with Crippen LogP contribution in [0.25, 0.3) is 0 Å². The number of carbonyl (C=O) groups excluding carboxylic acids is 1. The zero-order valence-electron chi connectivity index (χ0n) is 11.8. The first-order valence-electron chi connectivity index (χ1n) is 6.40. The monoisotopic (exact) mass is 304 g/mol. The lowest BCUT2D eigenvalue weighted by atomic mass is 10.2. The van der Waals surface area contributed by atoms with Crippen molar-refractivity contribution in [3.63, 3.8) is 0 Å². The van der Waals surface area contributed by atoms with E-state index in [1.807, 2.05) is 6.07 Å². The second-order valence-corrected chi connectivity index (χ2v) is 6.49. The summed E-state index contributed by atoms with van der Waals surface area (Å²) in [6.07, 6.45) is 3.09. The third kappa shape index (κ3) is 3.88. The van der Waals surface area contributed by atoms with E-state index in [4.69, 9.17) is 0 Å². The first kappa shape index (κ1) is 15.2. The topological polar surface area (TPSA) is 76.1 Å². The maximum absolute atomic E-state index is 12.3. The summed E-state index contributed by atoms with van der Waals surface area (Å²) < 4.78 is 26.6. The highest BCUT2D eigenvalue weighted by Gasteiger charge is 2.20. The van der Waals surface area contributed by atoms with Crippen LogP contribution in [0, 0.1) is 13.8 Å². The first-order valence-corrected chi connectivity index (χ1v) is 7.88. The molecule has 0 radical (unpaired) electrons. The molecule has 1 N–H and O–H groups in total. The molecule has 6 heteroatoms. The van der Waals surface area contributed by atoms with Crippen LogP contribution in [0.5, 0.6) is 0 Å². The summed E-state index contributed by atoms with van der Waals surface area (Å²) in [5.74, 6) is -0.580. The molecule has 0 saturated heterocycles. The van der Waals surface area contributed by atoms with Crippen LogP contribution in [0.4, 0.5) is 0 Å². The minimum absolute atomic E-state index is 0.0298. The lowest BCUT2D eigenvalue weighted by Crippen LogP contribution is -2.32. The predicted molar refractivity (Wildman–Crippen MR) is 79.2 cm³/mol. The molecule has 0 atom stereocenters. The van der Waals surface area contributed by atoms with Crippen LogP contribution in [0.1, 0.15) is 16.7 Å². The molecule has 2 aromatic rings. The average Bonchev–Trinajstić information content (AvgIpc) is 2.41. The minimum Gasteiger partial charge on any atom is -0.274 e. The van der Waals surface area contributed by atoms with E-state index in [9.17, 15) is 13.2 Å². The fraction of sp³-hybridized carbons (Fsp3) is 0.200. The third-order valence-electron chi connectivity index (χ3n) is 2.97. The van der Waals surface area contributed by atoms with Gasteiger partial charge in [-0.3, -0.25) is 9.78 Å². The summed E-state index contributed by atoms with van der Waals surface area (Å²) >= 11 is 0. The lowest BCUT2D eigenvalue weighted by Gasteiger charge is -2.10. The molecular weight excluding hydrogens is 288 g/mol. The van der Waals surface area contributed by atoms with Crippen LogP contribution in [0.15, 0.2) is 47.6 Å². The van der Waals surface area contributed by atoms with E-state index in [1.54, 1.807) is 44.3 Å². The van der Waals surface area contributed by atoms with E-state index in [1.165, 1.54) is 6.20 Å². The van der Waals surface area contributed by atoms with Gasteiger partial charge in [-0.1, -0.05) is 18.2 Å². The minimum atomic E-state index is -3.85. The Morgan fingerprint density at radius 1 is 1.24 bits per heavy atom. The Labute approximate surface area is 124 Å². The number of nitrogens with zero attached hydrogens (tertiary/aromatic N) is 1. The number of amides is 1. The summed E-state index contributed by atoms with van der Waals surface area (Å²) in [4.78, 5) is 15.9. The molecule has 0 aliphatic carbocycles. The molecule has 110 valence electrons. The van der Waals surface area contributed by atoms with E-state index in [0.717, 1.165) is 5.56 Å². The number of hydrogen-bond donors (Lipinski definition) is 1. The maximum Gasteiger partial charge on any atom is 0.264 e. The van der Waals surface area contributed by atoms with Gasteiger partial charge in [0.1, 0.15) is 0 Å². The van der Waals surface area contributed by atoms with Crippen LogP contribution >= 0.6 is 0 Å². The third-order valence-corrected chi connectivity index (χ3v) is 4.48. The molecule has 0 fully saturated rings. The Bertz CT molecular complexity index is 756. The van der Waals surface area contributed by atoms with Crippen molar-refractivity contribution in [2.24, 2.45) is 0 Å². The van der Waals surface area contributed by atoms with Gasteiger partial charge in [0, 0.05) is 12.4 Å². The van der Waals surface area contributed by atoms with Gasteiger partial charge in [-0.2, -0.15) is 0 Å². The van der Waals surface area contributed by atoms with Gasteiger partial charge in [0.25, 0.3) is 10.0 Å². The van der Waals surface area contributed by atoms with Crippen molar-refractivity contribution in [2.45, 2.75) is 25.2 Å². The number of pyridine rings is 1. The van der Waals surface area contributed by atoms with E-state index in [-0.39, 0.29) is 11.3 Å². The fourth-order valence-electron chi connectivity index (χ4n) is 1.93. The predicted octanol–water partition coefficient (Wildman–Crippen LogP) is 1.75. The van der Waals surface area contributed by atoms with Crippen LogP contribution in [0.2, 0.25) is 0 Å². The van der Waals surface area contributed by atoms with Crippen LogP contribution < -0.4 is 4.72 Å².